The van der Waals surface area contributed by atoms with Crippen molar-refractivity contribution in [2.24, 2.45) is 0 Å². The Labute approximate surface area is 114 Å². The number of aldehydes is 1. The van der Waals surface area contributed by atoms with Crippen LogP contribution in [0.4, 0.5) is 0 Å². The number of carbonyl (C=O) groups is 3. The molecule has 0 bridgehead atoms. The number of carbonyl (C=O) groups excluding carboxylic acids is 3. The van der Waals surface area contributed by atoms with E-state index in [2.05, 4.69) is 9.47 Å². The second-order valence-electron chi connectivity index (χ2n) is 3.59. The number of hydrogen-bond acceptors (Lipinski definition) is 7. The van der Waals surface area contributed by atoms with Gasteiger partial charge in [0.2, 0.25) is 0 Å². The molecule has 0 atom stereocenters. The van der Waals surface area contributed by atoms with Gasteiger partial charge >= 0.3 is 11.9 Å². The van der Waals surface area contributed by atoms with E-state index in [1.54, 1.807) is 0 Å². The number of methoxy groups -OCH3 is 2. The summed E-state index contributed by atoms with van der Waals surface area (Å²) in [7, 11) is 2.12. The topological polar surface area (TPSA) is 110 Å². The SMILES string of the molecule is COC(=O)C(C=O)=C(C(=O)OC)c1ccc(O)c(O)c1. The summed E-state index contributed by atoms with van der Waals surface area (Å²) < 4.78 is 8.91. The van der Waals surface area contributed by atoms with E-state index in [0.717, 1.165) is 26.4 Å². The quantitative estimate of drug-likeness (QED) is 0.205. The first kappa shape index (κ1) is 15.2. The first-order valence-electron chi connectivity index (χ1n) is 5.34. The normalized spacial score (nSPS) is 11.3. The van der Waals surface area contributed by atoms with Gasteiger partial charge in [-0.1, -0.05) is 6.07 Å². The average Bonchev–Trinajstić information content (AvgIpc) is 2.46. The number of phenols is 2. The van der Waals surface area contributed by atoms with Gasteiger partial charge in [0.1, 0.15) is 5.57 Å². The van der Waals surface area contributed by atoms with Crippen LogP contribution in [0.1, 0.15) is 5.56 Å². The summed E-state index contributed by atoms with van der Waals surface area (Å²) in [4.78, 5) is 34.3. The Bertz CT molecular complexity index is 586. The number of rotatable bonds is 4. The van der Waals surface area contributed by atoms with Crippen LogP contribution in [-0.4, -0.2) is 42.7 Å². The van der Waals surface area contributed by atoms with Crippen molar-refractivity contribution in [3.63, 3.8) is 0 Å². The highest BCUT2D eigenvalue weighted by Gasteiger charge is 2.24. The summed E-state index contributed by atoms with van der Waals surface area (Å²) in [5.74, 6) is -2.90. The molecule has 0 saturated carbocycles. The van der Waals surface area contributed by atoms with Gasteiger partial charge in [0.15, 0.2) is 17.8 Å². The van der Waals surface area contributed by atoms with E-state index in [0.29, 0.717) is 0 Å². The van der Waals surface area contributed by atoms with Crippen LogP contribution in [0.3, 0.4) is 0 Å². The fourth-order valence-electron chi connectivity index (χ4n) is 1.48. The van der Waals surface area contributed by atoms with Crippen LogP contribution in [0.25, 0.3) is 5.57 Å². The zero-order valence-corrected chi connectivity index (χ0v) is 10.7. The third-order valence-corrected chi connectivity index (χ3v) is 2.45. The van der Waals surface area contributed by atoms with Crippen LogP contribution in [0.15, 0.2) is 23.8 Å². The third-order valence-electron chi connectivity index (χ3n) is 2.45. The Hall–Kier alpha value is -2.83. The lowest BCUT2D eigenvalue weighted by molar-refractivity contribution is -0.138. The summed E-state index contributed by atoms with van der Waals surface area (Å²) in [6, 6.07) is 3.37. The molecule has 0 heterocycles. The van der Waals surface area contributed by atoms with Crippen LogP contribution in [0.2, 0.25) is 0 Å². The first-order chi connectivity index (χ1) is 9.46. The van der Waals surface area contributed by atoms with E-state index in [-0.39, 0.29) is 17.4 Å². The molecule has 0 aliphatic heterocycles. The van der Waals surface area contributed by atoms with Crippen LogP contribution in [0, 0.1) is 0 Å². The average molecular weight is 280 g/mol. The summed E-state index contributed by atoms with van der Waals surface area (Å²) in [5.41, 5.74) is -0.895. The molecule has 1 rings (SSSR count). The minimum absolute atomic E-state index is 0.0275. The van der Waals surface area contributed by atoms with Gasteiger partial charge in [-0.2, -0.15) is 0 Å². The van der Waals surface area contributed by atoms with E-state index >= 15 is 0 Å². The molecule has 1 aromatic carbocycles. The van der Waals surface area contributed by atoms with Crippen molar-refractivity contribution >= 4 is 23.8 Å². The summed E-state index contributed by atoms with van der Waals surface area (Å²) in [6.45, 7) is 0. The van der Waals surface area contributed by atoms with Gasteiger partial charge in [0, 0.05) is 0 Å². The minimum atomic E-state index is -1.02. The number of ether oxygens (including phenoxy) is 2. The van der Waals surface area contributed by atoms with E-state index in [1.165, 1.54) is 6.07 Å². The molecule has 20 heavy (non-hydrogen) atoms. The van der Waals surface area contributed by atoms with Gasteiger partial charge in [-0.15, -0.1) is 0 Å². The van der Waals surface area contributed by atoms with Gasteiger partial charge < -0.3 is 19.7 Å². The van der Waals surface area contributed by atoms with Crippen molar-refractivity contribution in [3.8, 4) is 11.5 Å². The molecule has 0 radical (unpaired) electrons. The molecule has 0 aliphatic carbocycles. The zero-order valence-electron chi connectivity index (χ0n) is 10.7. The highest BCUT2D eigenvalue weighted by Crippen LogP contribution is 2.30. The summed E-state index contributed by atoms with van der Waals surface area (Å²) in [5, 5.41) is 18.7. The van der Waals surface area contributed by atoms with Crippen molar-refractivity contribution in [2.75, 3.05) is 14.2 Å². The predicted molar refractivity (Wildman–Crippen MR) is 66.8 cm³/mol. The molecular weight excluding hydrogens is 268 g/mol. The molecule has 0 amide bonds. The summed E-state index contributed by atoms with van der Waals surface area (Å²) >= 11 is 0. The fourth-order valence-corrected chi connectivity index (χ4v) is 1.48. The van der Waals surface area contributed by atoms with Gasteiger partial charge in [0.05, 0.1) is 19.8 Å². The molecule has 2 N–H and O–H groups in total. The van der Waals surface area contributed by atoms with Gasteiger partial charge in [-0.25, -0.2) is 9.59 Å². The molecule has 0 aromatic heterocycles. The van der Waals surface area contributed by atoms with Crippen molar-refractivity contribution < 1.29 is 34.1 Å². The molecular formula is C13H12O7. The molecule has 0 saturated heterocycles. The van der Waals surface area contributed by atoms with E-state index in [4.69, 9.17) is 0 Å². The monoisotopic (exact) mass is 280 g/mol. The summed E-state index contributed by atoms with van der Waals surface area (Å²) in [6.07, 6.45) is 0.155. The smallest absolute Gasteiger partial charge is 0.342 e. The number of phenolic OH excluding ortho intramolecular Hbond substituents is 2. The van der Waals surface area contributed by atoms with Crippen molar-refractivity contribution in [3.05, 3.63) is 29.3 Å². The Balaban J connectivity index is 3.57. The van der Waals surface area contributed by atoms with Crippen LogP contribution in [-0.2, 0) is 23.9 Å². The van der Waals surface area contributed by atoms with E-state index < -0.39 is 29.0 Å². The van der Waals surface area contributed by atoms with Gasteiger partial charge in [-0.3, -0.25) is 4.79 Å². The molecule has 0 aliphatic rings. The Morgan fingerprint density at radius 2 is 1.65 bits per heavy atom. The second kappa shape index (κ2) is 6.37. The number of benzene rings is 1. The first-order valence-corrected chi connectivity index (χ1v) is 5.34. The largest absolute Gasteiger partial charge is 0.504 e. The maximum Gasteiger partial charge on any atom is 0.342 e. The molecule has 0 unspecified atom stereocenters. The molecule has 7 heteroatoms. The molecule has 0 spiro atoms. The second-order valence-corrected chi connectivity index (χ2v) is 3.59. The maximum absolute atomic E-state index is 11.7. The van der Waals surface area contributed by atoms with Gasteiger partial charge in [-0.05, 0) is 17.7 Å². The third kappa shape index (κ3) is 2.94. The lowest BCUT2D eigenvalue weighted by atomic mass is 10.00. The van der Waals surface area contributed by atoms with Crippen molar-refractivity contribution in [1.29, 1.82) is 0 Å². The van der Waals surface area contributed by atoms with E-state index in [9.17, 15) is 24.6 Å². The Morgan fingerprint density at radius 1 is 1.05 bits per heavy atom. The van der Waals surface area contributed by atoms with Gasteiger partial charge in [0.25, 0.3) is 0 Å². The molecule has 1 aromatic rings. The molecule has 0 fully saturated rings. The Morgan fingerprint density at radius 3 is 2.10 bits per heavy atom. The van der Waals surface area contributed by atoms with Crippen molar-refractivity contribution in [2.45, 2.75) is 0 Å². The highest BCUT2D eigenvalue weighted by atomic mass is 16.5. The maximum atomic E-state index is 11.7. The highest BCUT2D eigenvalue weighted by molar-refractivity contribution is 6.29. The van der Waals surface area contributed by atoms with Crippen molar-refractivity contribution in [1.82, 2.24) is 0 Å². The number of aromatic hydroxyl groups is 2. The van der Waals surface area contributed by atoms with E-state index in [1.807, 2.05) is 0 Å². The molecule has 106 valence electrons. The number of esters is 2. The standard InChI is InChI=1S/C13H12O7/c1-19-12(17)8(6-14)11(13(18)20-2)7-3-4-9(15)10(16)5-7/h3-6,15-16H,1-2H3. The zero-order chi connectivity index (χ0) is 15.3. The van der Waals surface area contributed by atoms with Crippen LogP contribution >= 0.6 is 0 Å². The lowest BCUT2D eigenvalue weighted by Crippen LogP contribution is -2.15. The Kier molecular flexibility index (Phi) is 4.85. The molecule has 7 nitrogen and oxygen atoms in total. The van der Waals surface area contributed by atoms with Crippen LogP contribution < -0.4 is 0 Å². The van der Waals surface area contributed by atoms with Crippen LogP contribution in [0.5, 0.6) is 11.5 Å². The fraction of sp³-hybridized carbons (Fsp3) is 0.154. The predicted octanol–water partition coefficient (Wildman–Crippen LogP) is 0.396. The lowest BCUT2D eigenvalue weighted by Gasteiger charge is -2.09. The minimum Gasteiger partial charge on any atom is -0.504 e. The number of hydrogen-bond donors (Lipinski definition) is 2.